The van der Waals surface area contributed by atoms with Crippen molar-refractivity contribution >= 4 is 17.6 Å². The highest BCUT2D eigenvalue weighted by Crippen LogP contribution is 2.42. The molecule has 1 heterocycles. The van der Waals surface area contributed by atoms with Crippen LogP contribution < -0.4 is 4.90 Å². The van der Waals surface area contributed by atoms with E-state index in [1.807, 2.05) is 69.1 Å². The molecule has 2 rings (SSSR count). The van der Waals surface area contributed by atoms with E-state index in [1.165, 1.54) is 14.2 Å². The van der Waals surface area contributed by atoms with Crippen molar-refractivity contribution in [1.82, 2.24) is 4.90 Å². The molecule has 1 aromatic rings. The molecule has 0 aromatic heterocycles. The number of hydrogen-bond donors (Lipinski definition) is 0. The average Bonchev–Trinajstić information content (AvgIpc) is 2.64. The fourth-order valence-corrected chi connectivity index (χ4v) is 3.22. The van der Waals surface area contributed by atoms with Crippen LogP contribution in [0.25, 0.3) is 0 Å². The third kappa shape index (κ3) is 3.31. The first-order valence-electron chi connectivity index (χ1n) is 8.33. The van der Waals surface area contributed by atoms with Gasteiger partial charge < -0.3 is 19.3 Å². The lowest BCUT2D eigenvalue weighted by Gasteiger charge is -2.35. The van der Waals surface area contributed by atoms with Crippen LogP contribution in [0.1, 0.15) is 25.3 Å². The zero-order chi connectivity index (χ0) is 19.6. The lowest BCUT2D eigenvalue weighted by molar-refractivity contribution is -0.137. The minimum atomic E-state index is -0.540. The summed E-state index contributed by atoms with van der Waals surface area (Å²) in [6, 6.07) is 7.78. The van der Waals surface area contributed by atoms with Crippen molar-refractivity contribution in [1.29, 1.82) is 0 Å². The van der Waals surface area contributed by atoms with Crippen molar-refractivity contribution in [2.45, 2.75) is 19.8 Å². The number of carbonyl (C=O) groups excluding carboxylic acids is 2. The molecule has 0 unspecified atom stereocenters. The summed E-state index contributed by atoms with van der Waals surface area (Å²) in [5.41, 5.74) is 4.26. The van der Waals surface area contributed by atoms with Crippen LogP contribution in [0.15, 0.2) is 46.8 Å². The molecule has 0 fully saturated rings. The van der Waals surface area contributed by atoms with Gasteiger partial charge in [-0.2, -0.15) is 0 Å². The summed E-state index contributed by atoms with van der Waals surface area (Å²) in [5.74, 6) is -1.45. The molecule has 0 amide bonds. The fraction of sp³-hybridized carbons (Fsp3) is 0.400. The first kappa shape index (κ1) is 19.6. The number of esters is 2. The molecule has 1 aromatic carbocycles. The van der Waals surface area contributed by atoms with Crippen molar-refractivity contribution in [3.05, 3.63) is 52.4 Å². The first-order valence-corrected chi connectivity index (χ1v) is 8.33. The molecule has 6 nitrogen and oxygen atoms in total. The summed E-state index contributed by atoms with van der Waals surface area (Å²) in [6.07, 6.45) is 0. The van der Waals surface area contributed by atoms with Gasteiger partial charge in [-0.3, -0.25) is 0 Å². The number of rotatable bonds is 4. The van der Waals surface area contributed by atoms with E-state index in [1.54, 1.807) is 0 Å². The van der Waals surface area contributed by atoms with Crippen molar-refractivity contribution in [3.63, 3.8) is 0 Å². The lowest BCUT2D eigenvalue weighted by atomic mass is 9.80. The van der Waals surface area contributed by atoms with Gasteiger partial charge in [0.15, 0.2) is 0 Å². The minimum Gasteiger partial charge on any atom is -0.466 e. The summed E-state index contributed by atoms with van der Waals surface area (Å²) >= 11 is 0. The van der Waals surface area contributed by atoms with E-state index < -0.39 is 17.9 Å². The van der Waals surface area contributed by atoms with Gasteiger partial charge in [0, 0.05) is 38.2 Å². The number of benzene rings is 1. The van der Waals surface area contributed by atoms with Gasteiger partial charge in [-0.05, 0) is 31.5 Å². The zero-order valence-corrected chi connectivity index (χ0v) is 16.4. The summed E-state index contributed by atoms with van der Waals surface area (Å²) in [7, 11) is 8.42. The van der Waals surface area contributed by atoms with Crippen LogP contribution in [0.2, 0.25) is 0 Å². The van der Waals surface area contributed by atoms with Crippen molar-refractivity contribution in [2.75, 3.05) is 40.3 Å². The molecule has 1 aliphatic heterocycles. The van der Waals surface area contributed by atoms with Crippen LogP contribution in [-0.2, 0) is 19.1 Å². The molecule has 0 saturated carbocycles. The second-order valence-electron chi connectivity index (χ2n) is 6.46. The summed E-state index contributed by atoms with van der Waals surface area (Å²) in [4.78, 5) is 28.9. The van der Waals surface area contributed by atoms with Gasteiger partial charge in [-0.15, -0.1) is 0 Å². The van der Waals surface area contributed by atoms with Crippen LogP contribution in [-0.4, -0.2) is 52.2 Å². The topological polar surface area (TPSA) is 59.1 Å². The predicted molar refractivity (Wildman–Crippen MR) is 101 cm³/mol. The van der Waals surface area contributed by atoms with E-state index in [9.17, 15) is 9.59 Å². The number of nitrogens with zero attached hydrogens (tertiary/aromatic N) is 2. The Kier molecular flexibility index (Phi) is 5.75. The Bertz CT molecular complexity index is 736. The van der Waals surface area contributed by atoms with Crippen LogP contribution in [0.5, 0.6) is 0 Å². The summed E-state index contributed by atoms with van der Waals surface area (Å²) in [5, 5.41) is 0. The second kappa shape index (κ2) is 7.64. The molecule has 26 heavy (non-hydrogen) atoms. The Hall–Kier alpha value is -2.76. The quantitative estimate of drug-likeness (QED) is 0.772. The third-order valence-corrected chi connectivity index (χ3v) is 4.92. The number of anilines is 1. The van der Waals surface area contributed by atoms with Crippen LogP contribution in [0, 0.1) is 0 Å². The van der Waals surface area contributed by atoms with Crippen LogP contribution >= 0.6 is 0 Å². The monoisotopic (exact) mass is 358 g/mol. The van der Waals surface area contributed by atoms with E-state index >= 15 is 0 Å². The van der Waals surface area contributed by atoms with Crippen molar-refractivity contribution < 1.29 is 19.1 Å². The average molecular weight is 358 g/mol. The maximum Gasteiger partial charge on any atom is 0.336 e. The molecule has 0 saturated heterocycles. The molecule has 1 aliphatic rings. The Morgan fingerprint density at radius 1 is 0.923 bits per heavy atom. The standard InChI is InChI=1S/C20H26N2O4/c1-12-16(19(23)25-6)18(14-8-10-15(11-9-14)21(3)4)17(20(24)26-7)13(2)22(12)5/h8-11,18H,1-7H3. The molecule has 140 valence electrons. The summed E-state index contributed by atoms with van der Waals surface area (Å²) < 4.78 is 10.0. The van der Waals surface area contributed by atoms with Crippen LogP contribution in [0.4, 0.5) is 5.69 Å². The van der Waals surface area contributed by atoms with Gasteiger partial charge in [0.2, 0.25) is 0 Å². The molecular formula is C20H26N2O4. The normalized spacial score (nSPS) is 15.3. The highest BCUT2D eigenvalue weighted by Gasteiger charge is 2.39. The van der Waals surface area contributed by atoms with Gasteiger partial charge in [-0.1, -0.05) is 12.1 Å². The fourth-order valence-electron chi connectivity index (χ4n) is 3.22. The first-order chi connectivity index (χ1) is 12.2. The molecule has 6 heteroatoms. The van der Waals surface area contributed by atoms with Gasteiger partial charge in [-0.25, -0.2) is 9.59 Å². The summed E-state index contributed by atoms with van der Waals surface area (Å²) in [6.45, 7) is 3.70. The van der Waals surface area contributed by atoms with Gasteiger partial charge in [0.1, 0.15) is 0 Å². The molecule has 0 radical (unpaired) electrons. The van der Waals surface area contributed by atoms with Crippen molar-refractivity contribution in [3.8, 4) is 0 Å². The Morgan fingerprint density at radius 2 is 1.35 bits per heavy atom. The SMILES string of the molecule is COC(=O)C1=C(C)N(C)C(C)=C(C(=O)OC)C1c1ccc(N(C)C)cc1. The molecule has 0 N–H and O–H groups in total. The molecule has 0 bridgehead atoms. The maximum atomic E-state index is 12.6. The number of methoxy groups -OCH3 is 2. The van der Waals surface area contributed by atoms with Gasteiger partial charge in [0.25, 0.3) is 0 Å². The molecule has 0 aliphatic carbocycles. The van der Waals surface area contributed by atoms with Gasteiger partial charge >= 0.3 is 11.9 Å². The zero-order valence-electron chi connectivity index (χ0n) is 16.4. The lowest BCUT2D eigenvalue weighted by Crippen LogP contribution is -2.33. The second-order valence-corrected chi connectivity index (χ2v) is 6.46. The van der Waals surface area contributed by atoms with E-state index in [0.717, 1.165) is 22.6 Å². The number of allylic oxidation sites excluding steroid dienone is 2. The Labute approximate surface area is 154 Å². The smallest absolute Gasteiger partial charge is 0.336 e. The van der Waals surface area contributed by atoms with E-state index in [2.05, 4.69) is 0 Å². The number of carbonyl (C=O) groups is 2. The largest absolute Gasteiger partial charge is 0.466 e. The molecular weight excluding hydrogens is 332 g/mol. The Balaban J connectivity index is 2.70. The molecule has 0 spiro atoms. The highest BCUT2D eigenvalue weighted by atomic mass is 16.5. The van der Waals surface area contributed by atoms with E-state index in [-0.39, 0.29) is 0 Å². The van der Waals surface area contributed by atoms with E-state index in [4.69, 9.17) is 9.47 Å². The minimum absolute atomic E-state index is 0.443. The number of hydrogen-bond acceptors (Lipinski definition) is 6. The predicted octanol–water partition coefficient (Wildman–Crippen LogP) is 2.68. The van der Waals surface area contributed by atoms with E-state index in [0.29, 0.717) is 11.1 Å². The molecule has 0 atom stereocenters. The van der Waals surface area contributed by atoms with Crippen molar-refractivity contribution in [2.24, 2.45) is 0 Å². The third-order valence-electron chi connectivity index (χ3n) is 4.92. The maximum absolute atomic E-state index is 12.6. The Morgan fingerprint density at radius 3 is 1.69 bits per heavy atom. The number of ether oxygens (including phenoxy) is 2. The van der Waals surface area contributed by atoms with Crippen LogP contribution in [0.3, 0.4) is 0 Å². The van der Waals surface area contributed by atoms with Gasteiger partial charge in [0.05, 0.1) is 31.3 Å². The highest BCUT2D eigenvalue weighted by molar-refractivity contribution is 5.99.